The first-order chi connectivity index (χ1) is 9.15. The molecule has 0 aromatic heterocycles. The van der Waals surface area contributed by atoms with Crippen LogP contribution < -0.4 is 0 Å². The van der Waals surface area contributed by atoms with Crippen LogP contribution >= 0.6 is 7.82 Å². The highest BCUT2D eigenvalue weighted by Crippen LogP contribution is 2.49. The van der Waals surface area contributed by atoms with Crippen molar-refractivity contribution in [2.24, 2.45) is 5.16 Å². The second-order valence-corrected chi connectivity index (χ2v) is 5.14. The van der Waals surface area contributed by atoms with E-state index >= 15 is 0 Å². The second kappa shape index (κ2) is 8.07. The standard InChI is InChI=1S/C12H18NO5P/c1-3-16-19(15,17-4-2)18-10-12(13-14)11-8-6-5-7-9-11/h5-9,14H,3-4,10H2,1-2H3/b13-12-. The van der Waals surface area contributed by atoms with E-state index in [4.69, 9.17) is 18.8 Å². The molecule has 0 spiro atoms. The summed E-state index contributed by atoms with van der Waals surface area (Å²) in [6.45, 7) is 3.61. The number of oxime groups is 1. The largest absolute Gasteiger partial charge is 0.475 e. The molecule has 0 saturated heterocycles. The fraction of sp³-hybridized carbons (Fsp3) is 0.417. The van der Waals surface area contributed by atoms with Crippen molar-refractivity contribution < 1.29 is 23.3 Å². The highest BCUT2D eigenvalue weighted by Gasteiger charge is 2.26. The van der Waals surface area contributed by atoms with Crippen LogP contribution in [0.3, 0.4) is 0 Å². The summed E-state index contributed by atoms with van der Waals surface area (Å²) in [7, 11) is -3.60. The van der Waals surface area contributed by atoms with Gasteiger partial charge in [-0.05, 0) is 13.8 Å². The normalized spacial score (nSPS) is 12.6. The van der Waals surface area contributed by atoms with Crippen molar-refractivity contribution in [3.8, 4) is 0 Å². The van der Waals surface area contributed by atoms with E-state index in [2.05, 4.69) is 5.16 Å². The smallest absolute Gasteiger partial charge is 0.411 e. The van der Waals surface area contributed by atoms with Gasteiger partial charge in [-0.25, -0.2) is 4.57 Å². The number of phosphoric ester groups is 1. The average molecular weight is 287 g/mol. The Bertz CT molecular complexity index is 439. The van der Waals surface area contributed by atoms with E-state index in [0.29, 0.717) is 5.56 Å². The van der Waals surface area contributed by atoms with Crippen LogP contribution in [0.1, 0.15) is 19.4 Å². The molecule has 0 bridgehead atoms. The van der Waals surface area contributed by atoms with Crippen LogP contribution in [-0.4, -0.2) is 30.7 Å². The van der Waals surface area contributed by atoms with Crippen molar-refractivity contribution in [3.05, 3.63) is 35.9 Å². The van der Waals surface area contributed by atoms with Crippen molar-refractivity contribution in [1.29, 1.82) is 0 Å². The van der Waals surface area contributed by atoms with E-state index in [-0.39, 0.29) is 25.5 Å². The molecule has 0 atom stereocenters. The molecular formula is C12H18NO5P. The van der Waals surface area contributed by atoms with Gasteiger partial charge in [-0.2, -0.15) is 0 Å². The van der Waals surface area contributed by atoms with E-state index < -0.39 is 7.82 Å². The predicted molar refractivity (Wildman–Crippen MR) is 71.6 cm³/mol. The topological polar surface area (TPSA) is 77.4 Å². The number of phosphoric acid groups is 1. The minimum atomic E-state index is -3.60. The molecule has 1 aromatic rings. The van der Waals surface area contributed by atoms with Gasteiger partial charge in [-0.15, -0.1) is 0 Å². The molecule has 0 aliphatic heterocycles. The fourth-order valence-electron chi connectivity index (χ4n) is 1.37. The Morgan fingerprint density at radius 1 is 1.16 bits per heavy atom. The maximum atomic E-state index is 12.1. The summed E-state index contributed by atoms with van der Waals surface area (Å²) < 4.78 is 27.2. The van der Waals surface area contributed by atoms with Gasteiger partial charge in [0.2, 0.25) is 0 Å². The lowest BCUT2D eigenvalue weighted by Crippen LogP contribution is -2.11. The van der Waals surface area contributed by atoms with Crippen molar-refractivity contribution in [1.82, 2.24) is 0 Å². The Labute approximate surface area is 112 Å². The maximum Gasteiger partial charge on any atom is 0.475 e. The number of nitrogens with zero attached hydrogens (tertiary/aromatic N) is 1. The van der Waals surface area contributed by atoms with Crippen molar-refractivity contribution in [3.63, 3.8) is 0 Å². The Kier molecular flexibility index (Phi) is 6.73. The van der Waals surface area contributed by atoms with Gasteiger partial charge in [0.1, 0.15) is 12.3 Å². The zero-order valence-electron chi connectivity index (χ0n) is 11.0. The van der Waals surface area contributed by atoms with Crippen LogP contribution in [0.4, 0.5) is 0 Å². The molecule has 19 heavy (non-hydrogen) atoms. The average Bonchev–Trinajstić information content (AvgIpc) is 2.41. The molecule has 7 heteroatoms. The third kappa shape index (κ3) is 5.12. The number of hydrogen-bond acceptors (Lipinski definition) is 6. The third-order valence-electron chi connectivity index (χ3n) is 2.16. The van der Waals surface area contributed by atoms with Gasteiger partial charge in [0.05, 0.1) is 13.2 Å². The summed E-state index contributed by atoms with van der Waals surface area (Å²) in [5.74, 6) is 0. The zero-order valence-corrected chi connectivity index (χ0v) is 11.9. The second-order valence-electron chi connectivity index (χ2n) is 3.47. The molecule has 106 valence electrons. The monoisotopic (exact) mass is 287 g/mol. The van der Waals surface area contributed by atoms with Gasteiger partial charge in [-0.3, -0.25) is 13.6 Å². The number of benzene rings is 1. The van der Waals surface area contributed by atoms with Crippen LogP contribution in [0.2, 0.25) is 0 Å². The van der Waals surface area contributed by atoms with Gasteiger partial charge in [0, 0.05) is 5.56 Å². The van der Waals surface area contributed by atoms with Crippen LogP contribution in [0.15, 0.2) is 35.5 Å². The van der Waals surface area contributed by atoms with Crippen molar-refractivity contribution >= 4 is 13.5 Å². The summed E-state index contributed by atoms with van der Waals surface area (Å²) in [5.41, 5.74) is 0.921. The van der Waals surface area contributed by atoms with Crippen LogP contribution in [-0.2, 0) is 18.1 Å². The van der Waals surface area contributed by atoms with Gasteiger partial charge in [0.25, 0.3) is 0 Å². The summed E-state index contributed by atoms with van der Waals surface area (Å²) in [6, 6.07) is 8.94. The Morgan fingerprint density at radius 3 is 2.21 bits per heavy atom. The molecule has 0 unspecified atom stereocenters. The van der Waals surface area contributed by atoms with Crippen molar-refractivity contribution in [2.45, 2.75) is 13.8 Å². The molecule has 0 saturated carbocycles. The van der Waals surface area contributed by atoms with Crippen LogP contribution in [0, 0.1) is 0 Å². The van der Waals surface area contributed by atoms with E-state index in [0.717, 1.165) is 0 Å². The minimum Gasteiger partial charge on any atom is -0.411 e. The lowest BCUT2D eigenvalue weighted by Gasteiger charge is -2.16. The molecule has 0 heterocycles. The van der Waals surface area contributed by atoms with Crippen molar-refractivity contribution in [2.75, 3.05) is 19.8 Å². The molecule has 1 aromatic carbocycles. The lowest BCUT2D eigenvalue weighted by molar-refractivity contribution is 0.133. The molecule has 1 rings (SSSR count). The highest BCUT2D eigenvalue weighted by atomic mass is 31.2. The molecule has 0 radical (unpaired) electrons. The molecule has 6 nitrogen and oxygen atoms in total. The molecule has 0 aliphatic carbocycles. The summed E-state index contributed by atoms with van der Waals surface area (Å²) in [6.07, 6.45) is 0. The third-order valence-corrected chi connectivity index (χ3v) is 3.76. The first kappa shape index (κ1) is 15.9. The Hall–Kier alpha value is -1.20. The number of rotatable bonds is 8. The van der Waals surface area contributed by atoms with E-state index in [1.165, 1.54) is 0 Å². The molecule has 1 N–H and O–H groups in total. The first-order valence-corrected chi connectivity index (χ1v) is 7.41. The fourth-order valence-corrected chi connectivity index (χ4v) is 2.51. The molecule has 0 aliphatic rings. The van der Waals surface area contributed by atoms with E-state index in [1.54, 1.807) is 38.1 Å². The first-order valence-electron chi connectivity index (χ1n) is 5.95. The van der Waals surface area contributed by atoms with Gasteiger partial charge in [-0.1, -0.05) is 35.5 Å². The number of hydrogen-bond donors (Lipinski definition) is 1. The van der Waals surface area contributed by atoms with Gasteiger partial charge >= 0.3 is 7.82 Å². The molecule has 0 fully saturated rings. The quantitative estimate of drug-likeness (QED) is 0.344. The summed E-state index contributed by atoms with van der Waals surface area (Å²) >= 11 is 0. The Morgan fingerprint density at radius 2 is 1.74 bits per heavy atom. The van der Waals surface area contributed by atoms with Gasteiger partial charge in [0.15, 0.2) is 0 Å². The zero-order chi connectivity index (χ0) is 14.1. The SMILES string of the molecule is CCOP(=O)(OCC)OC/C(=N/O)c1ccccc1. The minimum absolute atomic E-state index is 0.169. The van der Waals surface area contributed by atoms with Crippen LogP contribution in [0.5, 0.6) is 0 Å². The van der Waals surface area contributed by atoms with Crippen LogP contribution in [0.25, 0.3) is 0 Å². The Balaban J connectivity index is 2.70. The predicted octanol–water partition coefficient (Wildman–Crippen LogP) is 3.06. The maximum absolute atomic E-state index is 12.1. The highest BCUT2D eigenvalue weighted by molar-refractivity contribution is 7.48. The molecular weight excluding hydrogens is 269 g/mol. The summed E-state index contributed by atoms with van der Waals surface area (Å²) in [5, 5.41) is 12.1. The molecule has 0 amide bonds. The lowest BCUT2D eigenvalue weighted by atomic mass is 10.1. The summed E-state index contributed by atoms with van der Waals surface area (Å²) in [4.78, 5) is 0. The van der Waals surface area contributed by atoms with E-state index in [1.807, 2.05) is 6.07 Å². The van der Waals surface area contributed by atoms with E-state index in [9.17, 15) is 4.57 Å². The van der Waals surface area contributed by atoms with Gasteiger partial charge < -0.3 is 5.21 Å².